The van der Waals surface area contributed by atoms with Crippen molar-refractivity contribution in [3.05, 3.63) is 54.0 Å². The number of halogens is 1. The van der Waals surface area contributed by atoms with Gasteiger partial charge in [-0.25, -0.2) is 0 Å². The molecule has 0 saturated carbocycles. The Bertz CT molecular complexity index is 800. The van der Waals surface area contributed by atoms with Crippen LogP contribution in [0.2, 0.25) is 0 Å². The van der Waals surface area contributed by atoms with Gasteiger partial charge >= 0.3 is 0 Å². The van der Waals surface area contributed by atoms with E-state index in [1.165, 1.54) is 11.8 Å². The maximum Gasteiger partial charge on any atom is 0.289 e. The first kappa shape index (κ1) is 24.0. The van der Waals surface area contributed by atoms with Crippen LogP contribution in [0.15, 0.2) is 52.1 Å². The standard InChI is InChI=1S/C22H30N4O3.HI/c1-17(18-6-8-19(28-3)9-7-18)10-11-24-22(23-2)26-14-12-25(13-15-26)21(27)20-5-4-16-29-20;/h4-9,16-17H,10-15H2,1-3H3,(H,23,24);1H. The zero-order chi connectivity index (χ0) is 20.6. The van der Waals surface area contributed by atoms with Gasteiger partial charge in [0.15, 0.2) is 11.7 Å². The molecule has 1 saturated heterocycles. The van der Waals surface area contributed by atoms with E-state index < -0.39 is 0 Å². The summed E-state index contributed by atoms with van der Waals surface area (Å²) in [5.41, 5.74) is 1.30. The van der Waals surface area contributed by atoms with E-state index in [4.69, 9.17) is 9.15 Å². The molecule has 7 nitrogen and oxygen atoms in total. The number of nitrogens with zero attached hydrogens (tertiary/aromatic N) is 3. The molecule has 0 spiro atoms. The lowest BCUT2D eigenvalue weighted by molar-refractivity contribution is 0.0657. The monoisotopic (exact) mass is 526 g/mol. The molecule has 3 rings (SSSR count). The second kappa shape index (κ2) is 11.8. The molecule has 8 heteroatoms. The summed E-state index contributed by atoms with van der Waals surface area (Å²) < 4.78 is 10.4. The van der Waals surface area contributed by atoms with Crippen molar-refractivity contribution in [1.29, 1.82) is 0 Å². The molecule has 164 valence electrons. The number of carbonyl (C=O) groups excluding carboxylic acids is 1. The predicted octanol–water partition coefficient (Wildman–Crippen LogP) is 3.43. The lowest BCUT2D eigenvalue weighted by Crippen LogP contribution is -2.53. The number of nitrogens with one attached hydrogen (secondary N) is 1. The minimum atomic E-state index is -0.0501. The Morgan fingerprint density at radius 1 is 1.17 bits per heavy atom. The summed E-state index contributed by atoms with van der Waals surface area (Å²) in [6.45, 7) is 5.88. The van der Waals surface area contributed by atoms with Crippen LogP contribution in [0.25, 0.3) is 0 Å². The summed E-state index contributed by atoms with van der Waals surface area (Å²) in [6, 6.07) is 11.7. The number of benzene rings is 1. The number of rotatable bonds is 6. The van der Waals surface area contributed by atoms with Gasteiger partial charge in [0.1, 0.15) is 5.75 Å². The Hall–Kier alpha value is -2.23. The molecule has 1 fully saturated rings. The minimum Gasteiger partial charge on any atom is -0.497 e. The molecule has 0 bridgehead atoms. The molecule has 30 heavy (non-hydrogen) atoms. The third-order valence-electron chi connectivity index (χ3n) is 5.36. The van der Waals surface area contributed by atoms with Crippen LogP contribution in [0.5, 0.6) is 5.75 Å². The first-order chi connectivity index (χ1) is 14.1. The number of guanidine groups is 1. The fraction of sp³-hybridized carbons (Fsp3) is 0.455. The molecular weight excluding hydrogens is 495 g/mol. The van der Waals surface area contributed by atoms with Gasteiger partial charge in [0.25, 0.3) is 5.91 Å². The fourth-order valence-corrected chi connectivity index (χ4v) is 3.51. The average molecular weight is 526 g/mol. The van der Waals surface area contributed by atoms with E-state index in [-0.39, 0.29) is 29.9 Å². The van der Waals surface area contributed by atoms with Crippen molar-refractivity contribution in [3.8, 4) is 5.75 Å². The summed E-state index contributed by atoms with van der Waals surface area (Å²) in [5, 5.41) is 3.46. The maximum atomic E-state index is 12.4. The first-order valence-corrected chi connectivity index (χ1v) is 10.0. The summed E-state index contributed by atoms with van der Waals surface area (Å²) in [5.74, 6) is 2.55. The number of hydrogen-bond acceptors (Lipinski definition) is 4. The molecular formula is C22H31IN4O3. The van der Waals surface area contributed by atoms with Gasteiger partial charge in [0.05, 0.1) is 13.4 Å². The van der Waals surface area contributed by atoms with E-state index in [0.29, 0.717) is 24.8 Å². The minimum absolute atomic E-state index is 0. The summed E-state index contributed by atoms with van der Waals surface area (Å²) in [7, 11) is 3.48. The molecule has 0 radical (unpaired) electrons. The first-order valence-electron chi connectivity index (χ1n) is 10.0. The van der Waals surface area contributed by atoms with Crippen molar-refractivity contribution >= 4 is 35.8 Å². The molecule has 1 aromatic carbocycles. The quantitative estimate of drug-likeness (QED) is 0.355. The predicted molar refractivity (Wildman–Crippen MR) is 129 cm³/mol. The summed E-state index contributed by atoms with van der Waals surface area (Å²) >= 11 is 0. The Morgan fingerprint density at radius 2 is 1.83 bits per heavy atom. The maximum absolute atomic E-state index is 12.4. The highest BCUT2D eigenvalue weighted by Crippen LogP contribution is 2.21. The Balaban J connectivity index is 0.00000320. The second-order valence-corrected chi connectivity index (χ2v) is 7.19. The lowest BCUT2D eigenvalue weighted by Gasteiger charge is -2.36. The number of ether oxygens (including phenoxy) is 1. The molecule has 1 atom stereocenters. The molecule has 0 aliphatic carbocycles. The normalized spacial score (nSPS) is 15.4. The van der Waals surface area contributed by atoms with Crippen LogP contribution in [-0.2, 0) is 0 Å². The van der Waals surface area contributed by atoms with Crippen LogP contribution in [-0.4, -0.2) is 68.5 Å². The van der Waals surface area contributed by atoms with Crippen LogP contribution < -0.4 is 10.1 Å². The highest BCUT2D eigenvalue weighted by molar-refractivity contribution is 14.0. The van der Waals surface area contributed by atoms with Gasteiger partial charge in [-0.15, -0.1) is 24.0 Å². The molecule has 1 aliphatic heterocycles. The van der Waals surface area contributed by atoms with Crippen LogP contribution >= 0.6 is 24.0 Å². The Kier molecular flexibility index (Phi) is 9.48. The second-order valence-electron chi connectivity index (χ2n) is 7.19. The van der Waals surface area contributed by atoms with E-state index >= 15 is 0 Å². The van der Waals surface area contributed by atoms with Crippen LogP contribution in [0.4, 0.5) is 0 Å². The topological polar surface area (TPSA) is 70.3 Å². The van der Waals surface area contributed by atoms with E-state index in [0.717, 1.165) is 37.8 Å². The summed E-state index contributed by atoms with van der Waals surface area (Å²) in [4.78, 5) is 20.8. The number of hydrogen-bond donors (Lipinski definition) is 1. The van der Waals surface area contributed by atoms with Gasteiger partial charge in [-0.2, -0.15) is 0 Å². The van der Waals surface area contributed by atoms with Gasteiger partial charge in [0.2, 0.25) is 0 Å². The van der Waals surface area contributed by atoms with Gasteiger partial charge in [-0.05, 0) is 42.2 Å². The zero-order valence-electron chi connectivity index (χ0n) is 17.8. The molecule has 2 heterocycles. The van der Waals surface area contributed by atoms with Gasteiger partial charge in [-0.3, -0.25) is 9.79 Å². The van der Waals surface area contributed by atoms with E-state index in [2.05, 4.69) is 34.3 Å². The molecule has 1 aliphatic rings. The summed E-state index contributed by atoms with van der Waals surface area (Å²) in [6.07, 6.45) is 2.53. The Morgan fingerprint density at radius 3 is 2.40 bits per heavy atom. The molecule has 1 unspecified atom stereocenters. The fourth-order valence-electron chi connectivity index (χ4n) is 3.51. The van der Waals surface area contributed by atoms with Crippen molar-refractivity contribution in [2.45, 2.75) is 19.3 Å². The molecule has 2 aromatic rings. The van der Waals surface area contributed by atoms with E-state index in [1.807, 2.05) is 17.0 Å². The molecule has 1 amide bonds. The van der Waals surface area contributed by atoms with Crippen molar-refractivity contribution in [2.24, 2.45) is 4.99 Å². The van der Waals surface area contributed by atoms with Crippen LogP contribution in [0.1, 0.15) is 35.4 Å². The number of amides is 1. The number of carbonyl (C=O) groups is 1. The van der Waals surface area contributed by atoms with Crippen molar-refractivity contribution in [3.63, 3.8) is 0 Å². The largest absolute Gasteiger partial charge is 0.497 e. The Labute approximate surface area is 195 Å². The highest BCUT2D eigenvalue weighted by Gasteiger charge is 2.25. The lowest BCUT2D eigenvalue weighted by atomic mass is 9.98. The van der Waals surface area contributed by atoms with Gasteiger partial charge < -0.3 is 24.3 Å². The SMILES string of the molecule is CN=C(NCCC(C)c1ccc(OC)cc1)N1CCN(C(=O)c2ccco2)CC1.I. The van der Waals surface area contributed by atoms with Crippen molar-refractivity contribution in [2.75, 3.05) is 46.9 Å². The smallest absolute Gasteiger partial charge is 0.289 e. The average Bonchev–Trinajstić information content (AvgIpc) is 3.31. The zero-order valence-corrected chi connectivity index (χ0v) is 20.2. The van der Waals surface area contributed by atoms with E-state index in [9.17, 15) is 4.79 Å². The van der Waals surface area contributed by atoms with Gasteiger partial charge in [-0.1, -0.05) is 19.1 Å². The number of aliphatic imine (C=N–C) groups is 1. The van der Waals surface area contributed by atoms with Crippen LogP contribution in [0.3, 0.4) is 0 Å². The van der Waals surface area contributed by atoms with Crippen LogP contribution in [0, 0.1) is 0 Å². The number of piperazine rings is 1. The molecule has 1 aromatic heterocycles. The van der Waals surface area contributed by atoms with E-state index in [1.54, 1.807) is 26.3 Å². The number of methoxy groups -OCH3 is 1. The third-order valence-corrected chi connectivity index (χ3v) is 5.36. The van der Waals surface area contributed by atoms with Gasteiger partial charge in [0, 0.05) is 39.8 Å². The van der Waals surface area contributed by atoms with Crippen molar-refractivity contribution in [1.82, 2.24) is 15.1 Å². The molecule has 1 N–H and O–H groups in total. The highest BCUT2D eigenvalue weighted by atomic mass is 127. The third kappa shape index (κ3) is 6.13. The number of furan rings is 1. The van der Waals surface area contributed by atoms with Crippen molar-refractivity contribution < 1.29 is 13.9 Å².